The minimum absolute atomic E-state index is 0.0742. The van der Waals surface area contributed by atoms with Crippen LogP contribution in [0.1, 0.15) is 15.9 Å². The van der Waals surface area contributed by atoms with Gasteiger partial charge in [-0.25, -0.2) is 0 Å². The van der Waals surface area contributed by atoms with Gasteiger partial charge in [-0.2, -0.15) is 0 Å². The lowest BCUT2D eigenvalue weighted by atomic mass is 10.1. The largest absolute Gasteiger partial charge is 0.454 e. The third kappa shape index (κ3) is 3.40. The zero-order valence-electron chi connectivity index (χ0n) is 11.7. The Balaban J connectivity index is 1.54. The van der Waals surface area contributed by atoms with E-state index in [4.69, 9.17) is 21.1 Å². The Hall–Kier alpha value is -2.46. The molecule has 2 aromatic carbocycles. The molecule has 1 N–H and O–H groups in total. The second-order valence-corrected chi connectivity index (χ2v) is 5.21. The molecule has 1 aliphatic rings. The van der Waals surface area contributed by atoms with Gasteiger partial charge in [0.05, 0.1) is 0 Å². The van der Waals surface area contributed by atoms with E-state index in [1.807, 2.05) is 18.2 Å². The van der Waals surface area contributed by atoms with E-state index in [9.17, 15) is 4.79 Å². The van der Waals surface area contributed by atoms with Gasteiger partial charge in [0, 0.05) is 29.4 Å². The summed E-state index contributed by atoms with van der Waals surface area (Å²) in [6.45, 7) is 0.864. The van der Waals surface area contributed by atoms with Crippen molar-refractivity contribution in [1.29, 1.82) is 0 Å². The molecule has 22 heavy (non-hydrogen) atoms. The molecule has 1 heterocycles. The summed E-state index contributed by atoms with van der Waals surface area (Å²) in [7, 11) is 0. The average molecular weight is 316 g/mol. The summed E-state index contributed by atoms with van der Waals surface area (Å²) in [6, 6.07) is 12.5. The van der Waals surface area contributed by atoms with Crippen molar-refractivity contribution in [3.8, 4) is 11.5 Å². The minimum Gasteiger partial charge on any atom is -0.454 e. The molecule has 0 aromatic heterocycles. The number of fused-ring (bicyclic) bond motifs is 1. The lowest BCUT2D eigenvalue weighted by molar-refractivity contribution is 0.104. The Labute approximate surface area is 133 Å². The molecule has 0 amide bonds. The highest BCUT2D eigenvalue weighted by molar-refractivity contribution is 6.30. The zero-order chi connectivity index (χ0) is 15.4. The van der Waals surface area contributed by atoms with Crippen LogP contribution in [0, 0.1) is 0 Å². The number of nitrogens with one attached hydrogen (secondary N) is 1. The van der Waals surface area contributed by atoms with E-state index in [1.165, 1.54) is 6.08 Å². The van der Waals surface area contributed by atoms with Gasteiger partial charge in [-0.1, -0.05) is 17.7 Å². The lowest BCUT2D eigenvalue weighted by Gasteiger charge is -2.03. The number of halogens is 1. The van der Waals surface area contributed by atoms with Crippen molar-refractivity contribution in [2.75, 3.05) is 6.79 Å². The first kappa shape index (κ1) is 14.5. The molecule has 3 rings (SSSR count). The van der Waals surface area contributed by atoms with Crippen LogP contribution in [0.15, 0.2) is 54.7 Å². The van der Waals surface area contributed by atoms with Gasteiger partial charge in [-0.3, -0.25) is 4.79 Å². The first-order valence-electron chi connectivity index (χ1n) is 6.81. The van der Waals surface area contributed by atoms with Crippen molar-refractivity contribution in [3.63, 3.8) is 0 Å². The van der Waals surface area contributed by atoms with Crippen LogP contribution in [-0.2, 0) is 6.54 Å². The lowest BCUT2D eigenvalue weighted by Crippen LogP contribution is -2.05. The van der Waals surface area contributed by atoms with Crippen molar-refractivity contribution >= 4 is 17.4 Å². The third-order valence-electron chi connectivity index (χ3n) is 3.22. The molecule has 0 atom stereocenters. The summed E-state index contributed by atoms with van der Waals surface area (Å²) in [5.41, 5.74) is 1.65. The van der Waals surface area contributed by atoms with Gasteiger partial charge < -0.3 is 14.8 Å². The summed E-state index contributed by atoms with van der Waals surface area (Å²) in [6.07, 6.45) is 3.14. The van der Waals surface area contributed by atoms with Gasteiger partial charge >= 0.3 is 0 Å². The van der Waals surface area contributed by atoms with Gasteiger partial charge in [-0.15, -0.1) is 0 Å². The first-order chi connectivity index (χ1) is 10.7. The maximum Gasteiger partial charge on any atom is 0.231 e. The molecular formula is C17H14ClNO3. The highest BCUT2D eigenvalue weighted by atomic mass is 35.5. The highest BCUT2D eigenvalue weighted by Crippen LogP contribution is 2.32. The summed E-state index contributed by atoms with van der Waals surface area (Å²) < 4.78 is 10.6. The standard InChI is InChI=1S/C17H14ClNO3/c18-14-4-2-13(3-5-14)15(20)7-8-19-10-12-1-6-16-17(9-12)22-11-21-16/h1-9,19H,10-11H2/b8-7+. The predicted octanol–water partition coefficient (Wildman–Crippen LogP) is 3.55. The molecule has 4 nitrogen and oxygen atoms in total. The molecule has 0 fully saturated rings. The van der Waals surface area contributed by atoms with E-state index in [0.717, 1.165) is 17.1 Å². The van der Waals surface area contributed by atoms with Crippen molar-refractivity contribution in [2.24, 2.45) is 0 Å². The van der Waals surface area contributed by atoms with Crippen LogP contribution in [0.3, 0.4) is 0 Å². The van der Waals surface area contributed by atoms with E-state index in [2.05, 4.69) is 5.32 Å². The quantitative estimate of drug-likeness (QED) is 0.677. The summed E-state index contributed by atoms with van der Waals surface area (Å²) in [5.74, 6) is 1.44. The summed E-state index contributed by atoms with van der Waals surface area (Å²) >= 11 is 5.79. The maximum atomic E-state index is 11.9. The van der Waals surface area contributed by atoms with E-state index in [0.29, 0.717) is 17.1 Å². The summed E-state index contributed by atoms with van der Waals surface area (Å²) in [5, 5.41) is 3.69. The number of benzene rings is 2. The Morgan fingerprint density at radius 2 is 1.91 bits per heavy atom. The number of carbonyl (C=O) groups excluding carboxylic acids is 1. The van der Waals surface area contributed by atoms with Gasteiger partial charge in [0.15, 0.2) is 17.3 Å². The molecule has 2 aromatic rings. The van der Waals surface area contributed by atoms with Crippen LogP contribution >= 0.6 is 11.6 Å². The number of hydrogen-bond donors (Lipinski definition) is 1. The minimum atomic E-state index is -0.0742. The Bertz CT molecular complexity index is 710. The van der Waals surface area contributed by atoms with Gasteiger partial charge in [0.1, 0.15) is 0 Å². The molecule has 0 aliphatic carbocycles. The van der Waals surface area contributed by atoms with Crippen molar-refractivity contribution < 1.29 is 14.3 Å². The van der Waals surface area contributed by atoms with E-state index in [1.54, 1.807) is 30.5 Å². The highest BCUT2D eigenvalue weighted by Gasteiger charge is 2.12. The molecule has 1 aliphatic heterocycles. The number of rotatable bonds is 5. The zero-order valence-corrected chi connectivity index (χ0v) is 12.5. The molecule has 0 spiro atoms. The van der Waals surface area contributed by atoms with E-state index >= 15 is 0 Å². The number of hydrogen-bond acceptors (Lipinski definition) is 4. The van der Waals surface area contributed by atoms with Crippen molar-refractivity contribution in [1.82, 2.24) is 5.32 Å². The molecule has 0 bridgehead atoms. The van der Waals surface area contributed by atoms with Crippen LogP contribution in [0.4, 0.5) is 0 Å². The molecule has 112 valence electrons. The second kappa shape index (κ2) is 6.54. The van der Waals surface area contributed by atoms with Crippen LogP contribution in [-0.4, -0.2) is 12.6 Å². The first-order valence-corrected chi connectivity index (χ1v) is 7.18. The topological polar surface area (TPSA) is 47.6 Å². The fraction of sp³-hybridized carbons (Fsp3) is 0.118. The number of carbonyl (C=O) groups is 1. The Morgan fingerprint density at radius 1 is 1.14 bits per heavy atom. The van der Waals surface area contributed by atoms with E-state index in [-0.39, 0.29) is 12.6 Å². The smallest absolute Gasteiger partial charge is 0.231 e. The van der Waals surface area contributed by atoms with Crippen LogP contribution < -0.4 is 14.8 Å². The predicted molar refractivity (Wildman–Crippen MR) is 84.3 cm³/mol. The molecule has 5 heteroatoms. The van der Waals surface area contributed by atoms with Crippen LogP contribution in [0.5, 0.6) is 11.5 Å². The number of ketones is 1. The fourth-order valence-electron chi connectivity index (χ4n) is 2.07. The SMILES string of the molecule is O=C(/C=C/NCc1ccc2c(c1)OCO2)c1ccc(Cl)cc1. The van der Waals surface area contributed by atoms with Gasteiger partial charge in [-0.05, 0) is 42.0 Å². The number of allylic oxidation sites excluding steroid dienone is 1. The fourth-order valence-corrected chi connectivity index (χ4v) is 2.20. The molecule has 0 saturated heterocycles. The van der Waals surface area contributed by atoms with Gasteiger partial charge in [0.2, 0.25) is 6.79 Å². The molecule has 0 unspecified atom stereocenters. The summed E-state index contributed by atoms with van der Waals surface area (Å²) in [4.78, 5) is 11.9. The van der Waals surface area contributed by atoms with Crippen molar-refractivity contribution in [2.45, 2.75) is 6.54 Å². The Morgan fingerprint density at radius 3 is 2.73 bits per heavy atom. The third-order valence-corrected chi connectivity index (χ3v) is 3.48. The van der Waals surface area contributed by atoms with E-state index < -0.39 is 0 Å². The monoisotopic (exact) mass is 315 g/mol. The second-order valence-electron chi connectivity index (χ2n) is 4.77. The average Bonchev–Trinajstić information content (AvgIpc) is 2.99. The van der Waals surface area contributed by atoms with Crippen molar-refractivity contribution in [3.05, 3.63) is 70.9 Å². The molecular weight excluding hydrogens is 302 g/mol. The van der Waals surface area contributed by atoms with Crippen LogP contribution in [0.25, 0.3) is 0 Å². The van der Waals surface area contributed by atoms with Gasteiger partial charge in [0.25, 0.3) is 0 Å². The maximum absolute atomic E-state index is 11.9. The Kier molecular flexibility index (Phi) is 4.30. The molecule has 0 saturated carbocycles. The normalized spacial score (nSPS) is 12.6. The molecule has 0 radical (unpaired) electrons. The van der Waals surface area contributed by atoms with Crippen LogP contribution in [0.2, 0.25) is 5.02 Å². The number of ether oxygens (including phenoxy) is 2.